The highest BCUT2D eigenvalue weighted by molar-refractivity contribution is 7.85. The smallest absolute Gasteiger partial charge is 0.265 e. The van der Waals surface area contributed by atoms with E-state index in [0.29, 0.717) is 6.42 Å². The molecule has 0 saturated heterocycles. The summed E-state index contributed by atoms with van der Waals surface area (Å²) in [7, 11) is -3.92. The number of rotatable bonds is 6. The molecule has 5 nitrogen and oxygen atoms in total. The lowest BCUT2D eigenvalue weighted by Gasteiger charge is -2.02. The van der Waals surface area contributed by atoms with E-state index in [0.717, 1.165) is 18.8 Å². The molecule has 0 radical (unpaired) electrons. The Kier molecular flexibility index (Phi) is 4.81. The summed E-state index contributed by atoms with van der Waals surface area (Å²) in [6.45, 7) is 1.55. The monoisotopic (exact) mass is 294 g/mol. The SMILES string of the molecule is O=S(=O)(O)CCc1cccc[n+]1CC[n+]1ccccc1. The summed E-state index contributed by atoms with van der Waals surface area (Å²) in [6.07, 6.45) is 6.20. The van der Waals surface area contributed by atoms with Gasteiger partial charge < -0.3 is 0 Å². The first-order valence-corrected chi connectivity index (χ1v) is 8.02. The number of pyridine rings is 2. The van der Waals surface area contributed by atoms with Gasteiger partial charge in [-0.15, -0.1) is 0 Å². The molecule has 1 N–H and O–H groups in total. The molecule has 0 aliphatic rings. The number of hydrogen-bond acceptors (Lipinski definition) is 2. The minimum atomic E-state index is -3.92. The molecular formula is C14H18N2O3S+2. The van der Waals surface area contributed by atoms with E-state index < -0.39 is 10.1 Å². The van der Waals surface area contributed by atoms with Gasteiger partial charge in [-0.2, -0.15) is 17.6 Å². The number of hydrogen-bond donors (Lipinski definition) is 1. The molecule has 0 aliphatic carbocycles. The summed E-state index contributed by atoms with van der Waals surface area (Å²) >= 11 is 0. The van der Waals surface area contributed by atoms with Gasteiger partial charge in [-0.25, -0.2) is 0 Å². The quantitative estimate of drug-likeness (QED) is 0.619. The molecular weight excluding hydrogens is 276 g/mol. The van der Waals surface area contributed by atoms with Crippen molar-refractivity contribution in [3.05, 3.63) is 60.7 Å². The summed E-state index contributed by atoms with van der Waals surface area (Å²) < 4.78 is 34.6. The third kappa shape index (κ3) is 4.71. The van der Waals surface area contributed by atoms with Gasteiger partial charge in [0.2, 0.25) is 13.1 Å². The largest absolute Gasteiger partial charge is 0.286 e. The van der Waals surface area contributed by atoms with Crippen LogP contribution in [0.25, 0.3) is 0 Å². The fraction of sp³-hybridized carbons (Fsp3) is 0.286. The maximum absolute atomic E-state index is 10.8. The summed E-state index contributed by atoms with van der Waals surface area (Å²) in [5.74, 6) is -0.254. The third-order valence-corrected chi connectivity index (χ3v) is 3.75. The minimum Gasteiger partial charge on any atom is -0.286 e. The summed E-state index contributed by atoms with van der Waals surface area (Å²) in [4.78, 5) is 0. The predicted octanol–water partition coefficient (Wildman–Crippen LogP) is 0.392. The second kappa shape index (κ2) is 6.58. The van der Waals surface area contributed by atoms with Crippen LogP contribution in [0, 0.1) is 0 Å². The first kappa shape index (κ1) is 14.6. The standard InChI is InChI=1S/C14H17N2O3S/c17-20(18,19)13-7-14-6-2-5-10-16(14)12-11-15-8-3-1-4-9-15/h1-6,8-10H,7,11-13H2/q+1/p+1. The van der Waals surface area contributed by atoms with Crippen molar-refractivity contribution in [3.63, 3.8) is 0 Å². The average molecular weight is 294 g/mol. The zero-order valence-electron chi connectivity index (χ0n) is 11.1. The molecule has 0 bridgehead atoms. The van der Waals surface area contributed by atoms with Gasteiger partial charge >= 0.3 is 0 Å². The number of aryl methyl sites for hydroxylation is 3. The second-order valence-corrected chi connectivity index (χ2v) is 6.11. The normalized spacial score (nSPS) is 11.4. The molecule has 0 aromatic carbocycles. The van der Waals surface area contributed by atoms with Crippen LogP contribution in [0.1, 0.15) is 5.69 Å². The van der Waals surface area contributed by atoms with Crippen LogP contribution < -0.4 is 9.13 Å². The molecule has 2 heterocycles. The zero-order chi connectivity index (χ0) is 14.4. The highest BCUT2D eigenvalue weighted by Gasteiger charge is 2.15. The number of nitrogens with zero attached hydrogens (tertiary/aromatic N) is 2. The summed E-state index contributed by atoms with van der Waals surface area (Å²) in [6, 6.07) is 11.5. The number of aromatic nitrogens is 2. The molecule has 106 valence electrons. The van der Waals surface area contributed by atoms with Crippen molar-refractivity contribution in [1.29, 1.82) is 0 Å². The van der Waals surface area contributed by atoms with Gasteiger partial charge in [0, 0.05) is 30.7 Å². The van der Waals surface area contributed by atoms with Crippen molar-refractivity contribution in [1.82, 2.24) is 0 Å². The Morgan fingerprint density at radius 3 is 2.35 bits per heavy atom. The molecule has 2 aromatic rings. The topological polar surface area (TPSA) is 62.1 Å². The Labute approximate surface area is 118 Å². The molecule has 20 heavy (non-hydrogen) atoms. The fourth-order valence-electron chi connectivity index (χ4n) is 2.00. The molecule has 0 unspecified atom stereocenters. The van der Waals surface area contributed by atoms with E-state index in [4.69, 9.17) is 4.55 Å². The maximum Gasteiger partial charge on any atom is 0.265 e. The third-order valence-electron chi connectivity index (χ3n) is 3.03. The first-order valence-electron chi connectivity index (χ1n) is 6.41. The van der Waals surface area contributed by atoms with Crippen LogP contribution in [0.15, 0.2) is 55.0 Å². The molecule has 0 atom stereocenters. The lowest BCUT2D eigenvalue weighted by molar-refractivity contribution is -0.781. The van der Waals surface area contributed by atoms with Gasteiger partial charge in [-0.3, -0.25) is 4.55 Å². The van der Waals surface area contributed by atoms with E-state index in [-0.39, 0.29) is 5.75 Å². The summed E-state index contributed by atoms with van der Waals surface area (Å²) in [5.41, 5.74) is 0.890. The molecule has 2 rings (SSSR count). The van der Waals surface area contributed by atoms with Crippen LogP contribution >= 0.6 is 0 Å². The fourth-order valence-corrected chi connectivity index (χ4v) is 2.46. The van der Waals surface area contributed by atoms with Gasteiger partial charge in [0.05, 0.1) is 5.75 Å². The van der Waals surface area contributed by atoms with E-state index in [9.17, 15) is 8.42 Å². The molecule has 0 fully saturated rings. The predicted molar refractivity (Wildman–Crippen MR) is 73.4 cm³/mol. The highest BCUT2D eigenvalue weighted by atomic mass is 32.2. The Hall–Kier alpha value is -1.79. The Bertz CT molecular complexity index is 657. The van der Waals surface area contributed by atoms with E-state index in [1.165, 1.54) is 0 Å². The van der Waals surface area contributed by atoms with Crippen molar-refractivity contribution in [2.75, 3.05) is 5.75 Å². The van der Waals surface area contributed by atoms with Crippen LogP contribution in [0.3, 0.4) is 0 Å². The van der Waals surface area contributed by atoms with E-state index in [1.807, 2.05) is 59.6 Å². The Balaban J connectivity index is 2.04. The second-order valence-electron chi connectivity index (χ2n) is 4.53. The van der Waals surface area contributed by atoms with Crippen LogP contribution in [0.4, 0.5) is 0 Å². The first-order chi connectivity index (χ1) is 9.54. The average Bonchev–Trinajstić information content (AvgIpc) is 2.44. The van der Waals surface area contributed by atoms with E-state index in [1.54, 1.807) is 0 Å². The molecule has 0 saturated carbocycles. The minimum absolute atomic E-state index is 0.254. The lowest BCUT2D eigenvalue weighted by atomic mass is 10.3. The lowest BCUT2D eigenvalue weighted by Crippen LogP contribution is -2.46. The Morgan fingerprint density at radius 1 is 0.950 bits per heavy atom. The van der Waals surface area contributed by atoms with Gasteiger partial charge in [0.25, 0.3) is 10.1 Å². The molecule has 6 heteroatoms. The van der Waals surface area contributed by atoms with Gasteiger partial charge in [0.15, 0.2) is 24.3 Å². The molecule has 0 amide bonds. The van der Waals surface area contributed by atoms with Crippen LogP contribution in [-0.2, 0) is 29.6 Å². The van der Waals surface area contributed by atoms with Crippen molar-refractivity contribution in [3.8, 4) is 0 Å². The molecule has 0 aliphatic heterocycles. The van der Waals surface area contributed by atoms with Gasteiger partial charge in [-0.05, 0) is 0 Å². The van der Waals surface area contributed by atoms with Gasteiger partial charge in [0.1, 0.15) is 0 Å². The van der Waals surface area contributed by atoms with E-state index in [2.05, 4.69) is 4.57 Å². The summed E-state index contributed by atoms with van der Waals surface area (Å²) in [5, 5.41) is 0. The maximum atomic E-state index is 10.8. The highest BCUT2D eigenvalue weighted by Crippen LogP contribution is 1.96. The van der Waals surface area contributed by atoms with E-state index >= 15 is 0 Å². The van der Waals surface area contributed by atoms with Gasteiger partial charge in [-0.1, -0.05) is 12.1 Å². The van der Waals surface area contributed by atoms with Crippen LogP contribution in [0.5, 0.6) is 0 Å². The van der Waals surface area contributed by atoms with Crippen LogP contribution in [-0.4, -0.2) is 18.7 Å². The molecule has 0 spiro atoms. The molecule has 2 aromatic heterocycles. The zero-order valence-corrected chi connectivity index (χ0v) is 11.9. The van der Waals surface area contributed by atoms with Crippen molar-refractivity contribution >= 4 is 10.1 Å². The van der Waals surface area contributed by atoms with Crippen molar-refractivity contribution in [2.24, 2.45) is 0 Å². The van der Waals surface area contributed by atoms with Crippen molar-refractivity contribution < 1.29 is 22.1 Å². The van der Waals surface area contributed by atoms with Crippen LogP contribution in [0.2, 0.25) is 0 Å². The Morgan fingerprint density at radius 2 is 1.65 bits per heavy atom. The van der Waals surface area contributed by atoms with Crippen molar-refractivity contribution in [2.45, 2.75) is 19.5 Å².